The zero-order chi connectivity index (χ0) is 15.1. The number of nitrogens with one attached hydrogen (secondary N) is 1. The summed E-state index contributed by atoms with van der Waals surface area (Å²) in [7, 11) is 0. The third kappa shape index (κ3) is 4.57. The molecule has 0 aliphatic rings. The maximum atomic E-state index is 11.8. The van der Waals surface area contributed by atoms with Crippen molar-refractivity contribution in [3.8, 4) is 5.75 Å². The van der Waals surface area contributed by atoms with Crippen molar-refractivity contribution in [3.63, 3.8) is 0 Å². The van der Waals surface area contributed by atoms with Gasteiger partial charge in [0.15, 0.2) is 0 Å². The molecule has 1 atom stereocenters. The number of hydrogen-bond donors (Lipinski definition) is 2. The standard InChI is InChI=1S/C16H19N3O2/c1-12(9-17)16(20)19-14-5-2-6-15(8-14)21-11-13-4-3-7-18-10-13/h2-8,10,12H,9,11,17H2,1H3,(H,19,20). The van der Waals surface area contributed by atoms with Gasteiger partial charge in [-0.1, -0.05) is 19.1 Å². The average molecular weight is 285 g/mol. The summed E-state index contributed by atoms with van der Waals surface area (Å²) in [6, 6.07) is 11.1. The quantitative estimate of drug-likeness (QED) is 0.853. The van der Waals surface area contributed by atoms with Crippen molar-refractivity contribution in [3.05, 3.63) is 54.4 Å². The van der Waals surface area contributed by atoms with Crippen LogP contribution in [-0.2, 0) is 11.4 Å². The summed E-state index contributed by atoms with van der Waals surface area (Å²) >= 11 is 0. The van der Waals surface area contributed by atoms with Crippen LogP contribution in [0.2, 0.25) is 0 Å². The minimum absolute atomic E-state index is 0.0955. The van der Waals surface area contributed by atoms with E-state index in [4.69, 9.17) is 10.5 Å². The minimum atomic E-state index is -0.218. The topological polar surface area (TPSA) is 77.2 Å². The number of nitrogens with two attached hydrogens (primary N) is 1. The molecule has 0 aliphatic carbocycles. The van der Waals surface area contributed by atoms with Gasteiger partial charge in [0.2, 0.25) is 5.91 Å². The molecule has 1 heterocycles. The van der Waals surface area contributed by atoms with Crippen LogP contribution in [0.4, 0.5) is 5.69 Å². The van der Waals surface area contributed by atoms with Gasteiger partial charge in [0, 0.05) is 42.2 Å². The fourth-order valence-electron chi connectivity index (χ4n) is 1.69. The first-order valence-electron chi connectivity index (χ1n) is 6.81. The van der Waals surface area contributed by atoms with Crippen molar-refractivity contribution in [2.24, 2.45) is 11.7 Å². The zero-order valence-corrected chi connectivity index (χ0v) is 12.0. The monoisotopic (exact) mass is 285 g/mol. The van der Waals surface area contributed by atoms with Gasteiger partial charge in [-0.3, -0.25) is 9.78 Å². The highest BCUT2D eigenvalue weighted by molar-refractivity contribution is 5.92. The Morgan fingerprint density at radius 3 is 2.95 bits per heavy atom. The summed E-state index contributed by atoms with van der Waals surface area (Å²) < 4.78 is 5.69. The lowest BCUT2D eigenvalue weighted by molar-refractivity contribution is -0.119. The molecule has 1 amide bonds. The lowest BCUT2D eigenvalue weighted by Gasteiger charge is -2.11. The van der Waals surface area contributed by atoms with Gasteiger partial charge in [-0.2, -0.15) is 0 Å². The lowest BCUT2D eigenvalue weighted by atomic mass is 10.1. The Kier molecular flexibility index (Phi) is 5.29. The molecule has 0 spiro atoms. The number of anilines is 1. The molecule has 1 unspecified atom stereocenters. The minimum Gasteiger partial charge on any atom is -0.489 e. The fourth-order valence-corrected chi connectivity index (χ4v) is 1.69. The van der Waals surface area contributed by atoms with E-state index >= 15 is 0 Å². The molecule has 0 radical (unpaired) electrons. The molecule has 1 aromatic carbocycles. The van der Waals surface area contributed by atoms with Crippen molar-refractivity contribution in [1.82, 2.24) is 4.98 Å². The van der Waals surface area contributed by atoms with Gasteiger partial charge < -0.3 is 15.8 Å². The van der Waals surface area contributed by atoms with Gasteiger partial charge in [-0.25, -0.2) is 0 Å². The molecule has 5 heteroatoms. The van der Waals surface area contributed by atoms with E-state index in [1.807, 2.05) is 30.3 Å². The molecule has 0 aliphatic heterocycles. The largest absolute Gasteiger partial charge is 0.489 e. The highest BCUT2D eigenvalue weighted by atomic mass is 16.5. The number of benzene rings is 1. The molecule has 2 rings (SSSR count). The normalized spacial score (nSPS) is 11.7. The van der Waals surface area contributed by atoms with Gasteiger partial charge in [0.1, 0.15) is 12.4 Å². The lowest BCUT2D eigenvalue weighted by Crippen LogP contribution is -2.26. The maximum Gasteiger partial charge on any atom is 0.228 e. The molecular weight excluding hydrogens is 266 g/mol. The number of hydrogen-bond acceptors (Lipinski definition) is 4. The molecular formula is C16H19N3O2. The van der Waals surface area contributed by atoms with Crippen LogP contribution in [0.1, 0.15) is 12.5 Å². The first-order valence-corrected chi connectivity index (χ1v) is 6.81. The van der Waals surface area contributed by atoms with E-state index in [1.165, 1.54) is 0 Å². The Morgan fingerprint density at radius 1 is 1.38 bits per heavy atom. The Morgan fingerprint density at radius 2 is 2.24 bits per heavy atom. The fraction of sp³-hybridized carbons (Fsp3) is 0.250. The molecule has 0 bridgehead atoms. The van der Waals surface area contributed by atoms with E-state index in [9.17, 15) is 4.79 Å². The maximum absolute atomic E-state index is 11.8. The number of amides is 1. The van der Waals surface area contributed by atoms with Gasteiger partial charge in [-0.15, -0.1) is 0 Å². The van der Waals surface area contributed by atoms with E-state index in [0.29, 0.717) is 24.6 Å². The summed E-state index contributed by atoms with van der Waals surface area (Å²) in [6.45, 7) is 2.55. The summed E-state index contributed by atoms with van der Waals surface area (Å²) in [6.07, 6.45) is 3.48. The van der Waals surface area contributed by atoms with E-state index in [2.05, 4.69) is 10.3 Å². The predicted octanol–water partition coefficient (Wildman–Crippen LogP) is 2.19. The van der Waals surface area contributed by atoms with Gasteiger partial charge in [0.25, 0.3) is 0 Å². The zero-order valence-electron chi connectivity index (χ0n) is 12.0. The van der Waals surface area contributed by atoms with E-state index in [-0.39, 0.29) is 11.8 Å². The number of ether oxygens (including phenoxy) is 1. The predicted molar refractivity (Wildman–Crippen MR) is 81.9 cm³/mol. The molecule has 3 N–H and O–H groups in total. The number of aromatic nitrogens is 1. The van der Waals surface area contributed by atoms with Crippen LogP contribution in [0.15, 0.2) is 48.8 Å². The molecule has 0 fully saturated rings. The second kappa shape index (κ2) is 7.40. The van der Waals surface area contributed by atoms with E-state index in [1.54, 1.807) is 25.4 Å². The number of carbonyl (C=O) groups excluding carboxylic acids is 1. The van der Waals surface area contributed by atoms with Crippen molar-refractivity contribution in [2.75, 3.05) is 11.9 Å². The molecule has 0 saturated heterocycles. The first-order chi connectivity index (χ1) is 10.2. The average Bonchev–Trinajstić information content (AvgIpc) is 2.53. The van der Waals surface area contributed by atoms with Crippen LogP contribution in [0, 0.1) is 5.92 Å². The molecule has 1 aromatic heterocycles. The summed E-state index contributed by atoms with van der Waals surface area (Å²) in [5.41, 5.74) is 7.16. The summed E-state index contributed by atoms with van der Waals surface area (Å²) in [4.78, 5) is 15.8. The Balaban J connectivity index is 1.96. The Labute approximate surface area is 124 Å². The van der Waals surface area contributed by atoms with Crippen LogP contribution in [0.5, 0.6) is 5.75 Å². The highest BCUT2D eigenvalue weighted by Crippen LogP contribution is 2.19. The second-order valence-corrected chi connectivity index (χ2v) is 4.80. The van der Waals surface area contributed by atoms with Crippen molar-refractivity contribution >= 4 is 11.6 Å². The highest BCUT2D eigenvalue weighted by Gasteiger charge is 2.10. The Hall–Kier alpha value is -2.40. The molecule has 2 aromatic rings. The number of pyridine rings is 1. The van der Waals surface area contributed by atoms with Gasteiger partial charge in [0.05, 0.1) is 0 Å². The molecule has 110 valence electrons. The number of carbonyl (C=O) groups is 1. The summed E-state index contributed by atoms with van der Waals surface area (Å²) in [5.74, 6) is 0.379. The second-order valence-electron chi connectivity index (χ2n) is 4.80. The first kappa shape index (κ1) is 15.0. The smallest absolute Gasteiger partial charge is 0.228 e. The van der Waals surface area contributed by atoms with Crippen LogP contribution < -0.4 is 15.8 Å². The van der Waals surface area contributed by atoms with Crippen molar-refractivity contribution < 1.29 is 9.53 Å². The van der Waals surface area contributed by atoms with Gasteiger partial charge >= 0.3 is 0 Å². The number of nitrogens with zero attached hydrogens (tertiary/aromatic N) is 1. The van der Waals surface area contributed by atoms with E-state index in [0.717, 1.165) is 5.56 Å². The third-order valence-electron chi connectivity index (χ3n) is 3.03. The van der Waals surface area contributed by atoms with E-state index < -0.39 is 0 Å². The third-order valence-corrected chi connectivity index (χ3v) is 3.03. The van der Waals surface area contributed by atoms with Crippen LogP contribution in [-0.4, -0.2) is 17.4 Å². The van der Waals surface area contributed by atoms with Gasteiger partial charge in [-0.05, 0) is 18.2 Å². The molecule has 5 nitrogen and oxygen atoms in total. The molecule has 21 heavy (non-hydrogen) atoms. The van der Waals surface area contributed by atoms with Crippen LogP contribution >= 0.6 is 0 Å². The van der Waals surface area contributed by atoms with Crippen molar-refractivity contribution in [2.45, 2.75) is 13.5 Å². The van der Waals surface area contributed by atoms with Crippen LogP contribution in [0.3, 0.4) is 0 Å². The summed E-state index contributed by atoms with van der Waals surface area (Å²) in [5, 5.41) is 2.82. The van der Waals surface area contributed by atoms with Crippen molar-refractivity contribution in [1.29, 1.82) is 0 Å². The Bertz CT molecular complexity index is 587. The number of rotatable bonds is 6. The SMILES string of the molecule is CC(CN)C(=O)Nc1cccc(OCc2cccnc2)c1. The van der Waals surface area contributed by atoms with Crippen LogP contribution in [0.25, 0.3) is 0 Å². The molecule has 0 saturated carbocycles.